The Kier molecular flexibility index (Phi) is 7.52. The van der Waals surface area contributed by atoms with Gasteiger partial charge in [-0.1, -0.05) is 25.4 Å². The Hall–Kier alpha value is -2.80. The van der Waals surface area contributed by atoms with Crippen molar-refractivity contribution in [2.45, 2.75) is 39.2 Å². The number of rotatable bonds is 7. The molecule has 0 radical (unpaired) electrons. The number of carbonyl (C=O) groups excluding carboxylic acids is 2. The van der Waals surface area contributed by atoms with Crippen LogP contribution in [0.1, 0.15) is 49.2 Å². The van der Waals surface area contributed by atoms with Crippen molar-refractivity contribution in [2.75, 3.05) is 18.0 Å². The monoisotopic (exact) mass is 430 g/mol. The molecule has 1 fully saturated rings. The van der Waals surface area contributed by atoms with Gasteiger partial charge in [-0.2, -0.15) is 5.10 Å². The number of nitrogens with zero attached hydrogens (tertiary/aromatic N) is 2. The molecule has 1 aliphatic rings. The molecule has 1 unspecified atom stereocenters. The molecule has 1 aromatic carbocycles. The number of hydrogen-bond donors (Lipinski definition) is 2. The van der Waals surface area contributed by atoms with E-state index in [-0.39, 0.29) is 11.8 Å². The predicted octanol–water partition coefficient (Wildman–Crippen LogP) is 3.83. The predicted molar refractivity (Wildman–Crippen MR) is 118 cm³/mol. The smallest absolute Gasteiger partial charge is 0.262 e. The molecule has 0 saturated carbocycles. The van der Waals surface area contributed by atoms with Crippen LogP contribution in [0.4, 0.5) is 5.88 Å². The van der Waals surface area contributed by atoms with Crippen molar-refractivity contribution in [2.24, 2.45) is 11.0 Å². The third-order valence-electron chi connectivity index (χ3n) is 4.99. The number of carbonyl (C=O) groups is 2. The van der Waals surface area contributed by atoms with Crippen LogP contribution < -0.4 is 15.6 Å². The number of nitrogens with one attached hydrogen (secondary N) is 2. The Morgan fingerprint density at radius 3 is 2.47 bits per heavy atom. The summed E-state index contributed by atoms with van der Waals surface area (Å²) in [5, 5.41) is 7.28. The summed E-state index contributed by atoms with van der Waals surface area (Å²) in [6.07, 6.45) is 5.05. The molecule has 0 aliphatic carbocycles. The van der Waals surface area contributed by atoms with E-state index < -0.39 is 11.9 Å². The summed E-state index contributed by atoms with van der Waals surface area (Å²) in [6.45, 7) is 5.69. The molecule has 30 heavy (non-hydrogen) atoms. The van der Waals surface area contributed by atoms with Crippen molar-refractivity contribution >= 4 is 35.5 Å². The minimum absolute atomic E-state index is 0.120. The molecule has 160 valence electrons. The summed E-state index contributed by atoms with van der Waals surface area (Å²) in [4.78, 5) is 27.2. The zero-order valence-corrected chi connectivity index (χ0v) is 18.0. The fraction of sp³-hybridized carbons (Fsp3) is 0.409. The van der Waals surface area contributed by atoms with Gasteiger partial charge in [0.1, 0.15) is 11.8 Å². The average Bonchev–Trinajstić information content (AvgIpc) is 3.21. The third kappa shape index (κ3) is 5.86. The number of hydrogen-bond acceptors (Lipinski definition) is 5. The van der Waals surface area contributed by atoms with E-state index in [1.165, 1.54) is 25.5 Å². The second-order valence-electron chi connectivity index (χ2n) is 7.66. The molecule has 2 amide bonds. The van der Waals surface area contributed by atoms with E-state index in [2.05, 4.69) is 20.7 Å². The van der Waals surface area contributed by atoms with E-state index in [9.17, 15) is 9.59 Å². The second kappa shape index (κ2) is 10.3. The van der Waals surface area contributed by atoms with Gasteiger partial charge in [-0.25, -0.2) is 5.43 Å². The highest BCUT2D eigenvalue weighted by molar-refractivity contribution is 6.30. The highest BCUT2D eigenvalue weighted by Gasteiger charge is 2.24. The number of amides is 2. The Labute approximate surface area is 181 Å². The van der Waals surface area contributed by atoms with Crippen molar-refractivity contribution in [1.29, 1.82) is 0 Å². The maximum absolute atomic E-state index is 12.5. The molecular formula is C22H27ClN4O3. The van der Waals surface area contributed by atoms with Gasteiger partial charge in [-0.15, -0.1) is 0 Å². The Bertz CT molecular complexity index is 886. The summed E-state index contributed by atoms with van der Waals surface area (Å²) < 4.78 is 5.79. The molecule has 2 aromatic rings. The van der Waals surface area contributed by atoms with E-state index in [1.807, 2.05) is 26.0 Å². The molecule has 2 N–H and O–H groups in total. The van der Waals surface area contributed by atoms with Crippen molar-refractivity contribution in [1.82, 2.24) is 10.7 Å². The third-order valence-corrected chi connectivity index (χ3v) is 5.24. The van der Waals surface area contributed by atoms with Crippen LogP contribution in [0.15, 0.2) is 45.9 Å². The largest absolute Gasteiger partial charge is 0.440 e. The topological polar surface area (TPSA) is 86.9 Å². The van der Waals surface area contributed by atoms with Gasteiger partial charge in [-0.05, 0) is 55.5 Å². The first kappa shape index (κ1) is 21.9. The maximum Gasteiger partial charge on any atom is 0.262 e. The molecule has 0 bridgehead atoms. The molecule has 1 atom stereocenters. The standard InChI is InChI=1S/C22H27ClN4O3/c1-15(2)20(25-21(28)16-6-8-17(23)9-7-16)22(29)26-24-14-18-10-11-19(30-18)27-12-4-3-5-13-27/h6-11,14-15,20H,3-5,12-13H2,1-2H3,(H,25,28)(H,26,29). The number of furan rings is 1. The van der Waals surface area contributed by atoms with Crippen LogP contribution in [-0.2, 0) is 4.79 Å². The van der Waals surface area contributed by atoms with Crippen molar-refractivity contribution in [3.05, 3.63) is 52.7 Å². The van der Waals surface area contributed by atoms with Crippen molar-refractivity contribution < 1.29 is 14.0 Å². The van der Waals surface area contributed by atoms with Crippen LogP contribution >= 0.6 is 11.6 Å². The van der Waals surface area contributed by atoms with Gasteiger partial charge in [0.15, 0.2) is 5.88 Å². The lowest BCUT2D eigenvalue weighted by Gasteiger charge is -2.25. The summed E-state index contributed by atoms with van der Waals surface area (Å²) in [7, 11) is 0. The van der Waals surface area contributed by atoms with E-state index >= 15 is 0 Å². The van der Waals surface area contributed by atoms with Crippen molar-refractivity contribution in [3.63, 3.8) is 0 Å². The summed E-state index contributed by atoms with van der Waals surface area (Å²) in [5.74, 6) is 0.513. The fourth-order valence-electron chi connectivity index (χ4n) is 3.29. The Morgan fingerprint density at radius 2 is 1.80 bits per heavy atom. The lowest BCUT2D eigenvalue weighted by Crippen LogP contribution is -2.48. The SMILES string of the molecule is CC(C)C(NC(=O)c1ccc(Cl)cc1)C(=O)NN=Cc1ccc(N2CCCCC2)o1. The van der Waals surface area contributed by atoms with Crippen LogP contribution in [0.2, 0.25) is 5.02 Å². The van der Waals surface area contributed by atoms with E-state index in [1.54, 1.807) is 24.3 Å². The quantitative estimate of drug-likeness (QED) is 0.516. The molecule has 7 nitrogen and oxygen atoms in total. The highest BCUT2D eigenvalue weighted by Crippen LogP contribution is 2.21. The number of anilines is 1. The molecule has 2 heterocycles. The van der Waals surface area contributed by atoms with E-state index in [4.69, 9.17) is 16.0 Å². The van der Waals surface area contributed by atoms with E-state index in [0.29, 0.717) is 16.3 Å². The van der Waals surface area contributed by atoms with Crippen LogP contribution in [0, 0.1) is 5.92 Å². The van der Waals surface area contributed by atoms with Gasteiger partial charge in [0.05, 0.1) is 6.21 Å². The maximum atomic E-state index is 12.5. The van der Waals surface area contributed by atoms with Gasteiger partial charge in [0.2, 0.25) is 0 Å². The normalized spacial score (nSPS) is 15.4. The van der Waals surface area contributed by atoms with Gasteiger partial charge in [0, 0.05) is 29.7 Å². The molecule has 1 aromatic heterocycles. The Morgan fingerprint density at radius 1 is 1.10 bits per heavy atom. The van der Waals surface area contributed by atoms with E-state index in [0.717, 1.165) is 19.0 Å². The minimum atomic E-state index is -0.731. The van der Waals surface area contributed by atoms with Crippen molar-refractivity contribution in [3.8, 4) is 0 Å². The first-order chi connectivity index (χ1) is 14.4. The zero-order chi connectivity index (χ0) is 21.5. The number of benzene rings is 1. The van der Waals surface area contributed by atoms with Crippen LogP contribution in [0.25, 0.3) is 0 Å². The number of piperidine rings is 1. The number of hydrazone groups is 1. The molecule has 1 aliphatic heterocycles. The molecule has 3 rings (SSSR count). The fourth-order valence-corrected chi connectivity index (χ4v) is 3.41. The first-order valence-electron chi connectivity index (χ1n) is 10.2. The van der Waals surface area contributed by atoms with Gasteiger partial charge in [0.25, 0.3) is 11.8 Å². The van der Waals surface area contributed by atoms with Gasteiger partial charge >= 0.3 is 0 Å². The van der Waals surface area contributed by atoms with Gasteiger partial charge < -0.3 is 14.6 Å². The highest BCUT2D eigenvalue weighted by atomic mass is 35.5. The second-order valence-corrected chi connectivity index (χ2v) is 8.10. The van der Waals surface area contributed by atoms with Crippen LogP contribution in [-0.4, -0.2) is 37.2 Å². The van der Waals surface area contributed by atoms with Crippen LogP contribution in [0.5, 0.6) is 0 Å². The zero-order valence-electron chi connectivity index (χ0n) is 17.2. The molecule has 0 spiro atoms. The summed E-state index contributed by atoms with van der Waals surface area (Å²) in [5.41, 5.74) is 2.92. The van der Waals surface area contributed by atoms with Gasteiger partial charge in [-0.3, -0.25) is 9.59 Å². The first-order valence-corrected chi connectivity index (χ1v) is 10.6. The molecular weight excluding hydrogens is 404 g/mol. The summed E-state index contributed by atoms with van der Waals surface area (Å²) >= 11 is 5.85. The summed E-state index contributed by atoms with van der Waals surface area (Å²) in [6, 6.07) is 9.49. The lowest BCUT2D eigenvalue weighted by molar-refractivity contribution is -0.123. The van der Waals surface area contributed by atoms with Crippen LogP contribution in [0.3, 0.4) is 0 Å². The Balaban J connectivity index is 1.56. The average molecular weight is 431 g/mol. The minimum Gasteiger partial charge on any atom is -0.440 e. The number of halogens is 1. The lowest BCUT2D eigenvalue weighted by atomic mass is 10.0. The molecule has 8 heteroatoms. The molecule has 1 saturated heterocycles.